The third-order valence-corrected chi connectivity index (χ3v) is 4.80. The van der Waals surface area contributed by atoms with Crippen LogP contribution < -0.4 is 0 Å². The molecule has 1 fully saturated rings. The molecule has 3 unspecified atom stereocenters. The van der Waals surface area contributed by atoms with Crippen LogP contribution in [0.25, 0.3) is 0 Å². The van der Waals surface area contributed by atoms with Gasteiger partial charge in [-0.1, -0.05) is 37.1 Å². The largest absolute Gasteiger partial charge is 0.511 e. The first-order valence-electron chi connectivity index (χ1n) is 8.98. The van der Waals surface area contributed by atoms with E-state index >= 15 is 0 Å². The maximum atomic E-state index is 12.8. The molecule has 3 atom stereocenters. The van der Waals surface area contributed by atoms with Gasteiger partial charge in [0.05, 0.1) is 5.57 Å². The summed E-state index contributed by atoms with van der Waals surface area (Å²) < 4.78 is 0. The van der Waals surface area contributed by atoms with Gasteiger partial charge in [0, 0.05) is 17.8 Å². The van der Waals surface area contributed by atoms with Gasteiger partial charge in [-0.3, -0.25) is 9.59 Å². The second-order valence-electron chi connectivity index (χ2n) is 7.39. The molecule has 0 aromatic heterocycles. The first-order chi connectivity index (χ1) is 11.2. The lowest BCUT2D eigenvalue weighted by Crippen LogP contribution is -2.17. The molecular weight excluding hydrogens is 300 g/mol. The van der Waals surface area contributed by atoms with Crippen LogP contribution in [0.3, 0.4) is 0 Å². The zero-order valence-corrected chi connectivity index (χ0v) is 16.0. The van der Waals surface area contributed by atoms with Gasteiger partial charge in [0.25, 0.3) is 0 Å². The van der Waals surface area contributed by atoms with E-state index in [9.17, 15) is 14.7 Å². The normalized spacial score (nSPS) is 23.9. The highest BCUT2D eigenvalue weighted by Gasteiger charge is 2.46. The molecule has 24 heavy (non-hydrogen) atoms. The molecule has 0 aromatic carbocycles. The van der Waals surface area contributed by atoms with Crippen molar-refractivity contribution in [1.29, 1.82) is 0 Å². The van der Waals surface area contributed by atoms with Crippen LogP contribution >= 0.6 is 0 Å². The van der Waals surface area contributed by atoms with Gasteiger partial charge in [0.2, 0.25) is 0 Å². The summed E-state index contributed by atoms with van der Waals surface area (Å²) in [6.07, 6.45) is 6.85. The Balaban J connectivity index is 3.16. The van der Waals surface area contributed by atoms with Gasteiger partial charge >= 0.3 is 0 Å². The Labute approximate surface area is 146 Å². The molecule has 0 aliphatic heterocycles. The van der Waals surface area contributed by atoms with E-state index < -0.39 is 0 Å². The molecule has 1 N–H and O–H groups in total. The standard InChI is InChI=1S/C21H32O3/c1-7-15(6)19(22)18-20(23)16(10-8-9-13(2)3)17(21(18)24)12-11-14(4)5/h9,11,15-17,22H,7-8,10,12H2,1-6H3. The number of hydrogen-bond donors (Lipinski definition) is 1. The van der Waals surface area contributed by atoms with E-state index in [1.54, 1.807) is 0 Å². The molecule has 3 nitrogen and oxygen atoms in total. The summed E-state index contributed by atoms with van der Waals surface area (Å²) in [6.45, 7) is 11.8. The quantitative estimate of drug-likeness (QED) is 0.297. The molecule has 0 bridgehead atoms. The molecule has 0 aromatic rings. The van der Waals surface area contributed by atoms with E-state index in [0.29, 0.717) is 19.3 Å². The fraction of sp³-hybridized carbons (Fsp3) is 0.619. The molecule has 0 heterocycles. The summed E-state index contributed by atoms with van der Waals surface area (Å²) in [5.41, 5.74) is 2.42. The maximum Gasteiger partial charge on any atom is 0.173 e. The van der Waals surface area contributed by atoms with Crippen LogP contribution in [0.2, 0.25) is 0 Å². The molecule has 1 aliphatic rings. The van der Waals surface area contributed by atoms with E-state index in [4.69, 9.17) is 0 Å². The number of hydrogen-bond acceptors (Lipinski definition) is 3. The Morgan fingerprint density at radius 1 is 1.04 bits per heavy atom. The molecule has 3 heteroatoms. The van der Waals surface area contributed by atoms with Crippen molar-refractivity contribution in [1.82, 2.24) is 0 Å². The van der Waals surface area contributed by atoms with Crippen molar-refractivity contribution >= 4 is 11.6 Å². The third-order valence-electron chi connectivity index (χ3n) is 4.80. The maximum absolute atomic E-state index is 12.8. The molecule has 0 spiro atoms. The summed E-state index contributed by atoms with van der Waals surface area (Å²) in [7, 11) is 0. The summed E-state index contributed by atoms with van der Waals surface area (Å²) >= 11 is 0. The third kappa shape index (κ3) is 4.93. The Hall–Kier alpha value is -1.64. The van der Waals surface area contributed by atoms with Crippen LogP contribution in [0.4, 0.5) is 0 Å². The molecular formula is C21H32O3. The lowest BCUT2D eigenvalue weighted by atomic mass is 9.87. The van der Waals surface area contributed by atoms with Crippen molar-refractivity contribution in [2.75, 3.05) is 0 Å². The Morgan fingerprint density at radius 2 is 1.58 bits per heavy atom. The van der Waals surface area contributed by atoms with E-state index in [1.807, 2.05) is 47.6 Å². The van der Waals surface area contributed by atoms with Crippen LogP contribution in [0, 0.1) is 17.8 Å². The minimum atomic E-state index is -0.334. The van der Waals surface area contributed by atoms with Crippen LogP contribution in [-0.4, -0.2) is 16.7 Å². The second kappa shape index (κ2) is 9.00. The number of Topliss-reactive ketones (excluding diaryl/α,β-unsaturated/α-hetero) is 2. The van der Waals surface area contributed by atoms with Crippen molar-refractivity contribution in [2.24, 2.45) is 17.8 Å². The topological polar surface area (TPSA) is 54.4 Å². The minimum absolute atomic E-state index is 0.0144. The number of carbonyl (C=O) groups excluding carboxylic acids is 2. The summed E-state index contributed by atoms with van der Waals surface area (Å²) in [5, 5.41) is 10.4. The van der Waals surface area contributed by atoms with Gasteiger partial charge in [0.15, 0.2) is 11.6 Å². The number of aliphatic hydroxyl groups excluding tert-OH is 1. The predicted octanol–water partition coefficient (Wildman–Crippen LogP) is 5.33. The van der Waals surface area contributed by atoms with Crippen LogP contribution in [0.15, 0.2) is 34.6 Å². The minimum Gasteiger partial charge on any atom is -0.511 e. The number of carbonyl (C=O) groups is 2. The Morgan fingerprint density at radius 3 is 2.08 bits per heavy atom. The number of allylic oxidation sites excluding steroid dienone is 6. The molecule has 0 saturated heterocycles. The number of ketones is 2. The van der Waals surface area contributed by atoms with E-state index in [2.05, 4.69) is 6.08 Å². The first kappa shape index (κ1) is 20.4. The average molecular weight is 332 g/mol. The van der Waals surface area contributed by atoms with E-state index in [0.717, 1.165) is 12.0 Å². The lowest BCUT2D eigenvalue weighted by Gasteiger charge is -2.14. The van der Waals surface area contributed by atoms with Crippen molar-refractivity contribution < 1.29 is 14.7 Å². The predicted molar refractivity (Wildman–Crippen MR) is 98.8 cm³/mol. The average Bonchev–Trinajstić information content (AvgIpc) is 2.74. The molecule has 1 aliphatic carbocycles. The molecule has 1 saturated carbocycles. The fourth-order valence-electron chi connectivity index (χ4n) is 3.07. The SMILES string of the molecule is CCC(C)C(O)=C1C(=O)C(CC=C(C)C)C(CCC=C(C)C)C1=O. The van der Waals surface area contributed by atoms with Crippen molar-refractivity contribution in [3.63, 3.8) is 0 Å². The van der Waals surface area contributed by atoms with Gasteiger partial charge in [-0.15, -0.1) is 0 Å². The van der Waals surface area contributed by atoms with Crippen LogP contribution in [-0.2, 0) is 9.59 Å². The van der Waals surface area contributed by atoms with Gasteiger partial charge < -0.3 is 5.11 Å². The number of aliphatic hydroxyl groups is 1. The summed E-state index contributed by atoms with van der Waals surface area (Å²) in [4.78, 5) is 25.6. The molecule has 134 valence electrons. The monoisotopic (exact) mass is 332 g/mol. The Bertz CT molecular complexity index is 570. The fourth-order valence-corrected chi connectivity index (χ4v) is 3.07. The number of rotatable bonds is 7. The zero-order chi connectivity index (χ0) is 18.4. The van der Waals surface area contributed by atoms with E-state index in [-0.39, 0.29) is 40.7 Å². The van der Waals surface area contributed by atoms with Gasteiger partial charge in [0.1, 0.15) is 5.76 Å². The smallest absolute Gasteiger partial charge is 0.173 e. The van der Waals surface area contributed by atoms with Crippen LogP contribution in [0.1, 0.15) is 67.2 Å². The summed E-state index contributed by atoms with van der Waals surface area (Å²) in [6, 6.07) is 0. The van der Waals surface area contributed by atoms with Crippen molar-refractivity contribution in [2.45, 2.75) is 67.2 Å². The Kier molecular flexibility index (Phi) is 7.65. The second-order valence-corrected chi connectivity index (χ2v) is 7.39. The molecule has 0 amide bonds. The molecule has 1 rings (SSSR count). The highest BCUT2D eigenvalue weighted by atomic mass is 16.3. The lowest BCUT2D eigenvalue weighted by molar-refractivity contribution is -0.119. The van der Waals surface area contributed by atoms with E-state index in [1.165, 1.54) is 5.57 Å². The highest BCUT2D eigenvalue weighted by Crippen LogP contribution is 2.38. The van der Waals surface area contributed by atoms with Crippen molar-refractivity contribution in [3.05, 3.63) is 34.6 Å². The zero-order valence-electron chi connectivity index (χ0n) is 16.0. The summed E-state index contributed by atoms with van der Waals surface area (Å²) in [5.74, 6) is -1.15. The molecule has 0 radical (unpaired) electrons. The first-order valence-corrected chi connectivity index (χ1v) is 8.98. The van der Waals surface area contributed by atoms with Gasteiger partial charge in [-0.05, 0) is 53.4 Å². The highest BCUT2D eigenvalue weighted by molar-refractivity contribution is 6.27. The van der Waals surface area contributed by atoms with Crippen LogP contribution in [0.5, 0.6) is 0 Å². The van der Waals surface area contributed by atoms with Gasteiger partial charge in [-0.2, -0.15) is 0 Å². The van der Waals surface area contributed by atoms with Crippen molar-refractivity contribution in [3.8, 4) is 0 Å². The van der Waals surface area contributed by atoms with Gasteiger partial charge in [-0.25, -0.2) is 0 Å².